The molecule has 3 aromatic heterocycles. The Morgan fingerprint density at radius 2 is 1.68 bits per heavy atom. The zero-order valence-corrected chi connectivity index (χ0v) is 15.8. The molecule has 4 aromatic rings. The van der Waals surface area contributed by atoms with Crippen molar-refractivity contribution in [3.05, 3.63) is 84.8 Å². The predicted molar refractivity (Wildman–Crippen MR) is 107 cm³/mol. The summed E-state index contributed by atoms with van der Waals surface area (Å²) in [6.45, 7) is 1.90. The summed E-state index contributed by atoms with van der Waals surface area (Å²) in [5.41, 5.74) is 2.41. The van der Waals surface area contributed by atoms with Crippen LogP contribution in [0.2, 0.25) is 0 Å². The lowest BCUT2D eigenvalue weighted by Crippen LogP contribution is -2.16. The van der Waals surface area contributed by atoms with Crippen LogP contribution in [0.1, 0.15) is 5.56 Å². The Kier molecular flexibility index (Phi) is 4.62. The van der Waals surface area contributed by atoms with E-state index in [-0.39, 0.29) is 4.90 Å². The lowest BCUT2D eigenvalue weighted by atomic mass is 10.2. The number of aryl methyl sites for hydroxylation is 1. The molecule has 1 aromatic carbocycles. The van der Waals surface area contributed by atoms with E-state index in [1.54, 1.807) is 61.1 Å². The molecule has 0 atom stereocenters. The van der Waals surface area contributed by atoms with Crippen LogP contribution in [0.25, 0.3) is 17.1 Å². The fraction of sp³-hybridized carbons (Fsp3) is 0.0500. The van der Waals surface area contributed by atoms with Crippen molar-refractivity contribution in [2.45, 2.75) is 11.8 Å². The maximum absolute atomic E-state index is 12.9. The third-order valence-corrected chi connectivity index (χ3v) is 5.49. The Balaban J connectivity index is 1.79. The van der Waals surface area contributed by atoms with Gasteiger partial charge in [-0.1, -0.05) is 23.8 Å². The van der Waals surface area contributed by atoms with E-state index in [9.17, 15) is 8.42 Å². The molecule has 0 spiro atoms. The molecule has 7 nitrogen and oxygen atoms in total. The Bertz CT molecular complexity index is 1190. The Labute approximate surface area is 162 Å². The van der Waals surface area contributed by atoms with Gasteiger partial charge in [-0.2, -0.15) is 9.78 Å². The summed E-state index contributed by atoms with van der Waals surface area (Å²) in [4.78, 5) is 8.47. The monoisotopic (exact) mass is 391 g/mol. The highest BCUT2D eigenvalue weighted by atomic mass is 32.2. The van der Waals surface area contributed by atoms with Gasteiger partial charge in [0.05, 0.1) is 10.6 Å². The molecule has 1 N–H and O–H groups in total. The third kappa shape index (κ3) is 3.63. The number of hydrogen-bond donors (Lipinski definition) is 1. The number of rotatable bonds is 5. The first-order valence-electron chi connectivity index (χ1n) is 8.54. The van der Waals surface area contributed by atoms with Gasteiger partial charge in [0.2, 0.25) is 0 Å². The summed E-state index contributed by atoms with van der Waals surface area (Å²) < 4.78 is 29.8. The molecular weight excluding hydrogens is 374 g/mol. The number of hydrogen-bond acceptors (Lipinski definition) is 5. The minimum Gasteiger partial charge on any atom is -0.265 e. The van der Waals surface area contributed by atoms with E-state index in [1.807, 2.05) is 25.1 Å². The minimum absolute atomic E-state index is 0.178. The lowest BCUT2D eigenvalue weighted by Gasteiger charge is -2.10. The van der Waals surface area contributed by atoms with E-state index in [0.717, 1.165) is 11.1 Å². The number of benzene rings is 1. The van der Waals surface area contributed by atoms with Gasteiger partial charge in [0.1, 0.15) is 5.82 Å². The van der Waals surface area contributed by atoms with Gasteiger partial charge in [-0.3, -0.25) is 9.71 Å². The first kappa shape index (κ1) is 17.9. The van der Waals surface area contributed by atoms with Crippen LogP contribution in [0.15, 0.2) is 84.1 Å². The van der Waals surface area contributed by atoms with Crippen molar-refractivity contribution in [2.75, 3.05) is 4.72 Å². The molecule has 3 heterocycles. The summed E-state index contributed by atoms with van der Waals surface area (Å²) >= 11 is 0. The molecule has 0 saturated heterocycles. The van der Waals surface area contributed by atoms with E-state index < -0.39 is 10.0 Å². The molecule has 0 bridgehead atoms. The second kappa shape index (κ2) is 7.24. The Hall–Kier alpha value is -3.52. The van der Waals surface area contributed by atoms with Gasteiger partial charge < -0.3 is 0 Å². The molecule has 0 fully saturated rings. The fourth-order valence-electron chi connectivity index (χ4n) is 2.69. The zero-order chi connectivity index (χ0) is 19.6. The van der Waals surface area contributed by atoms with Crippen LogP contribution in [0.4, 0.5) is 5.82 Å². The van der Waals surface area contributed by atoms with Crippen LogP contribution in [-0.4, -0.2) is 28.2 Å². The van der Waals surface area contributed by atoms with Gasteiger partial charge in [0.15, 0.2) is 5.82 Å². The summed E-state index contributed by atoms with van der Waals surface area (Å²) in [5.74, 6) is 0.801. The van der Waals surface area contributed by atoms with Crippen LogP contribution in [-0.2, 0) is 10.0 Å². The van der Waals surface area contributed by atoms with Crippen molar-refractivity contribution in [3.63, 3.8) is 0 Å². The SMILES string of the molecule is Cc1ccc(S(=O)(=O)Nc2cc(-c3ccncc3)nn2-c2ccccn2)cc1. The predicted octanol–water partition coefficient (Wildman–Crippen LogP) is 3.44. The molecule has 4 rings (SSSR count). The maximum atomic E-state index is 12.9. The van der Waals surface area contributed by atoms with Crippen molar-refractivity contribution < 1.29 is 8.42 Å². The highest BCUT2D eigenvalue weighted by Gasteiger charge is 2.19. The fourth-order valence-corrected chi connectivity index (χ4v) is 3.72. The molecule has 28 heavy (non-hydrogen) atoms. The normalized spacial score (nSPS) is 11.3. The molecule has 0 saturated carbocycles. The first-order chi connectivity index (χ1) is 13.5. The van der Waals surface area contributed by atoms with Crippen LogP contribution in [0, 0.1) is 6.92 Å². The quantitative estimate of drug-likeness (QED) is 0.563. The van der Waals surface area contributed by atoms with Gasteiger partial charge in [-0.15, -0.1) is 0 Å². The lowest BCUT2D eigenvalue weighted by molar-refractivity contribution is 0.600. The average molecular weight is 391 g/mol. The number of aromatic nitrogens is 4. The van der Waals surface area contributed by atoms with Crippen LogP contribution >= 0.6 is 0 Å². The molecule has 0 aliphatic heterocycles. The minimum atomic E-state index is -3.78. The van der Waals surface area contributed by atoms with Crippen molar-refractivity contribution in [1.29, 1.82) is 0 Å². The van der Waals surface area contributed by atoms with Crippen molar-refractivity contribution in [1.82, 2.24) is 19.7 Å². The Morgan fingerprint density at radius 1 is 0.929 bits per heavy atom. The second-order valence-electron chi connectivity index (χ2n) is 6.17. The largest absolute Gasteiger partial charge is 0.265 e. The molecule has 0 radical (unpaired) electrons. The highest BCUT2D eigenvalue weighted by Crippen LogP contribution is 2.25. The van der Waals surface area contributed by atoms with Crippen LogP contribution in [0.5, 0.6) is 0 Å². The summed E-state index contributed by atoms with van der Waals surface area (Å²) in [6.07, 6.45) is 4.94. The zero-order valence-electron chi connectivity index (χ0n) is 15.0. The molecular formula is C20H17N5O2S. The van der Waals surface area contributed by atoms with Crippen LogP contribution in [0.3, 0.4) is 0 Å². The number of nitrogens with zero attached hydrogens (tertiary/aromatic N) is 4. The van der Waals surface area contributed by atoms with E-state index >= 15 is 0 Å². The van der Waals surface area contributed by atoms with Crippen molar-refractivity contribution >= 4 is 15.8 Å². The molecule has 8 heteroatoms. The molecule has 140 valence electrons. The van der Waals surface area contributed by atoms with E-state index in [0.29, 0.717) is 17.3 Å². The highest BCUT2D eigenvalue weighted by molar-refractivity contribution is 7.92. The van der Waals surface area contributed by atoms with Crippen molar-refractivity contribution in [2.24, 2.45) is 0 Å². The van der Waals surface area contributed by atoms with Gasteiger partial charge >= 0.3 is 0 Å². The van der Waals surface area contributed by atoms with Crippen LogP contribution < -0.4 is 4.72 Å². The van der Waals surface area contributed by atoms with E-state index in [2.05, 4.69) is 19.8 Å². The third-order valence-electron chi connectivity index (χ3n) is 4.12. The van der Waals surface area contributed by atoms with Gasteiger partial charge in [-0.05, 0) is 43.3 Å². The second-order valence-corrected chi connectivity index (χ2v) is 7.85. The number of nitrogens with one attached hydrogen (secondary N) is 1. The Morgan fingerprint density at radius 3 is 2.36 bits per heavy atom. The summed E-state index contributed by atoms with van der Waals surface area (Å²) in [6, 6.07) is 17.3. The smallest absolute Gasteiger partial charge is 0.263 e. The molecule has 0 aliphatic carbocycles. The summed E-state index contributed by atoms with van der Waals surface area (Å²) in [7, 11) is -3.78. The first-order valence-corrected chi connectivity index (χ1v) is 10.0. The van der Waals surface area contributed by atoms with Gasteiger partial charge in [-0.25, -0.2) is 13.4 Å². The van der Waals surface area contributed by atoms with Gasteiger partial charge in [0, 0.05) is 30.2 Å². The molecule has 0 unspecified atom stereocenters. The molecule has 0 aliphatic rings. The number of anilines is 1. The summed E-state index contributed by atoms with van der Waals surface area (Å²) in [5, 5.41) is 4.54. The maximum Gasteiger partial charge on any atom is 0.263 e. The van der Waals surface area contributed by atoms with Gasteiger partial charge in [0.25, 0.3) is 10.0 Å². The topological polar surface area (TPSA) is 89.8 Å². The number of pyridine rings is 2. The van der Waals surface area contributed by atoms with E-state index in [1.165, 1.54) is 4.68 Å². The average Bonchev–Trinajstić information content (AvgIpc) is 3.13. The molecule has 0 amide bonds. The standard InChI is InChI=1S/C20H17N5O2S/c1-15-5-7-17(8-6-15)28(26,27)24-20-14-18(16-9-12-21-13-10-16)23-25(20)19-4-2-3-11-22-19/h2-14,24H,1H3. The van der Waals surface area contributed by atoms with E-state index in [4.69, 9.17) is 0 Å². The van der Waals surface area contributed by atoms with Crippen molar-refractivity contribution in [3.8, 4) is 17.1 Å². The number of sulfonamides is 1.